The molecule has 0 saturated heterocycles. The van der Waals surface area contributed by atoms with Crippen LogP contribution in [-0.4, -0.2) is 45.5 Å². The van der Waals surface area contributed by atoms with Gasteiger partial charge in [0.15, 0.2) is 12.7 Å². The third-order valence-electron chi connectivity index (χ3n) is 10.2. The number of benzene rings is 4. The lowest BCUT2D eigenvalue weighted by molar-refractivity contribution is 0.127. The first-order valence-corrected chi connectivity index (χ1v) is 21.2. The van der Waals surface area contributed by atoms with Gasteiger partial charge in [-0.05, 0) is 87.4 Å². The molecule has 3 heterocycles. The molecule has 0 amide bonds. The molecule has 0 fully saturated rings. The van der Waals surface area contributed by atoms with Crippen molar-refractivity contribution in [3.63, 3.8) is 0 Å². The van der Waals surface area contributed by atoms with Crippen molar-refractivity contribution >= 4 is 57.1 Å². The Labute approximate surface area is 315 Å². The Morgan fingerprint density at radius 1 is 0.615 bits per heavy atom. The van der Waals surface area contributed by atoms with Crippen molar-refractivity contribution in [2.75, 3.05) is 50.2 Å². The van der Waals surface area contributed by atoms with Crippen LogP contribution >= 0.6 is 29.8 Å². The molecule has 1 aliphatic heterocycles. The first-order chi connectivity index (χ1) is 25.3. The van der Waals surface area contributed by atoms with E-state index in [0.29, 0.717) is 37.4 Å². The van der Waals surface area contributed by atoms with Gasteiger partial charge in [-0.25, -0.2) is 0 Å². The number of hydrogen-bond acceptors (Lipinski definition) is 8. The standard InChI is InChI=1S/C43H45N2O4PS2/c1-7-44(8-2)31-23-19-29(20-24-31)38-27-36-41(51-38)43(46,40-34(48-5)17-14-18-35(40)49-6)42-37(50(36,47)33-15-12-11-13-16-33)28-39(52-42)30-21-25-32(26-22-30)45(9-3)10-4/h11-28,46H,7-10H2,1-6H3. The minimum atomic E-state index is -3.50. The number of fused-ring (bicyclic) bond motifs is 2. The number of aliphatic hydroxyl groups is 1. The number of thiophene rings is 2. The molecule has 0 radical (unpaired) electrons. The maximum absolute atomic E-state index is 16.3. The molecule has 0 bridgehead atoms. The smallest absolute Gasteiger partial charge is 0.173 e. The molecule has 0 aliphatic carbocycles. The van der Waals surface area contributed by atoms with Gasteiger partial charge in [0.1, 0.15) is 11.5 Å². The highest BCUT2D eigenvalue weighted by molar-refractivity contribution is 7.86. The van der Waals surface area contributed by atoms with Crippen molar-refractivity contribution < 1.29 is 19.1 Å². The lowest BCUT2D eigenvalue weighted by Gasteiger charge is -2.37. The summed E-state index contributed by atoms with van der Waals surface area (Å²) in [4.78, 5) is 7.72. The Kier molecular flexibility index (Phi) is 10.1. The van der Waals surface area contributed by atoms with Crippen LogP contribution in [0.1, 0.15) is 43.0 Å². The second kappa shape index (κ2) is 14.6. The third-order valence-corrected chi connectivity index (χ3v) is 16.2. The average molecular weight is 749 g/mol. The predicted molar refractivity (Wildman–Crippen MR) is 221 cm³/mol. The van der Waals surface area contributed by atoms with Crippen molar-refractivity contribution in [3.05, 3.63) is 125 Å². The van der Waals surface area contributed by atoms with Crippen LogP contribution in [0.15, 0.2) is 109 Å². The molecule has 2 aromatic heterocycles. The van der Waals surface area contributed by atoms with E-state index in [1.807, 2.05) is 60.7 Å². The zero-order valence-corrected chi connectivity index (χ0v) is 33.1. The van der Waals surface area contributed by atoms with E-state index in [4.69, 9.17) is 9.47 Å². The SMILES string of the molecule is CCN(CC)c1ccc(-c2cc3c(s2)C(O)(c2c(OC)cccc2OC)c2sc(-c4ccc(N(CC)CC)cc4)cc2P3(=O)c2ccccc2)cc1. The fourth-order valence-electron chi connectivity index (χ4n) is 7.47. The van der Waals surface area contributed by atoms with Gasteiger partial charge in [0.05, 0.1) is 29.5 Å². The van der Waals surface area contributed by atoms with E-state index in [0.717, 1.165) is 63.7 Å². The van der Waals surface area contributed by atoms with Crippen molar-refractivity contribution in [1.82, 2.24) is 0 Å². The summed E-state index contributed by atoms with van der Waals surface area (Å²) in [6.45, 7) is 12.3. The first kappa shape index (κ1) is 36.0. The molecule has 6 nitrogen and oxygen atoms in total. The predicted octanol–water partition coefficient (Wildman–Crippen LogP) is 9.09. The second-order valence-electron chi connectivity index (χ2n) is 12.8. The lowest BCUT2D eigenvalue weighted by Crippen LogP contribution is -2.43. The van der Waals surface area contributed by atoms with Gasteiger partial charge >= 0.3 is 0 Å². The number of ether oxygens (including phenoxy) is 2. The normalized spacial score (nSPS) is 17.7. The summed E-state index contributed by atoms with van der Waals surface area (Å²) in [6.07, 6.45) is 0. The first-order valence-electron chi connectivity index (χ1n) is 17.9. The fraction of sp³-hybridized carbons (Fsp3) is 0.256. The monoisotopic (exact) mass is 748 g/mol. The summed E-state index contributed by atoms with van der Waals surface area (Å²) >= 11 is 2.97. The lowest BCUT2D eigenvalue weighted by atomic mass is 9.88. The largest absolute Gasteiger partial charge is 0.496 e. The van der Waals surface area contributed by atoms with Gasteiger partial charge in [-0.3, -0.25) is 0 Å². The summed E-state index contributed by atoms with van der Waals surface area (Å²) in [6, 6.07) is 36.4. The van der Waals surface area contributed by atoms with Gasteiger partial charge < -0.3 is 28.9 Å². The van der Waals surface area contributed by atoms with Crippen molar-refractivity contribution in [2.45, 2.75) is 33.3 Å². The molecular weight excluding hydrogens is 704 g/mol. The molecule has 1 N–H and O–H groups in total. The van der Waals surface area contributed by atoms with E-state index in [1.165, 1.54) is 22.7 Å². The number of anilines is 2. The number of hydrogen-bond donors (Lipinski definition) is 1. The summed E-state index contributed by atoms with van der Waals surface area (Å²) in [7, 11) is -0.286. The van der Waals surface area contributed by atoms with Crippen LogP contribution in [0.4, 0.5) is 11.4 Å². The summed E-state index contributed by atoms with van der Waals surface area (Å²) in [5.41, 5.74) is 3.08. The molecule has 268 valence electrons. The Morgan fingerprint density at radius 2 is 1.04 bits per heavy atom. The number of methoxy groups -OCH3 is 2. The summed E-state index contributed by atoms with van der Waals surface area (Å²) in [5, 5.41) is 15.7. The Hall–Kier alpha value is -4.33. The average Bonchev–Trinajstić information content (AvgIpc) is 3.87. The van der Waals surface area contributed by atoms with E-state index in [1.54, 1.807) is 14.2 Å². The maximum atomic E-state index is 16.3. The van der Waals surface area contributed by atoms with Gasteiger partial charge in [0, 0.05) is 63.2 Å². The van der Waals surface area contributed by atoms with E-state index >= 15 is 4.57 Å². The number of nitrogens with zero attached hydrogens (tertiary/aromatic N) is 2. The van der Waals surface area contributed by atoms with Crippen LogP contribution in [0.25, 0.3) is 20.9 Å². The van der Waals surface area contributed by atoms with Crippen LogP contribution in [0.2, 0.25) is 0 Å². The highest BCUT2D eigenvalue weighted by atomic mass is 32.1. The Morgan fingerprint density at radius 3 is 1.42 bits per heavy atom. The van der Waals surface area contributed by atoms with Gasteiger partial charge in [0.2, 0.25) is 0 Å². The van der Waals surface area contributed by atoms with Gasteiger partial charge in [0.25, 0.3) is 0 Å². The zero-order chi connectivity index (χ0) is 36.6. The molecule has 9 heteroatoms. The Bertz CT molecular complexity index is 2090. The Balaban J connectivity index is 1.51. The molecule has 0 spiro atoms. The van der Waals surface area contributed by atoms with Crippen LogP contribution in [0.5, 0.6) is 11.5 Å². The van der Waals surface area contributed by atoms with Gasteiger partial charge in [-0.15, -0.1) is 22.7 Å². The van der Waals surface area contributed by atoms with E-state index in [-0.39, 0.29) is 0 Å². The van der Waals surface area contributed by atoms with Crippen LogP contribution in [0.3, 0.4) is 0 Å². The maximum Gasteiger partial charge on any atom is 0.173 e. The highest BCUT2D eigenvalue weighted by Gasteiger charge is 2.54. The minimum Gasteiger partial charge on any atom is -0.496 e. The third kappa shape index (κ3) is 5.77. The molecule has 0 saturated carbocycles. The molecule has 0 atom stereocenters. The van der Waals surface area contributed by atoms with Gasteiger partial charge in [-0.1, -0.05) is 60.7 Å². The molecule has 0 unspecified atom stereocenters. The molecule has 52 heavy (non-hydrogen) atoms. The van der Waals surface area contributed by atoms with Crippen LogP contribution in [0, 0.1) is 0 Å². The van der Waals surface area contributed by atoms with Crippen molar-refractivity contribution in [1.29, 1.82) is 0 Å². The van der Waals surface area contributed by atoms with Crippen molar-refractivity contribution in [3.8, 4) is 32.4 Å². The van der Waals surface area contributed by atoms with Crippen LogP contribution < -0.4 is 35.2 Å². The second-order valence-corrected chi connectivity index (χ2v) is 17.6. The summed E-state index contributed by atoms with van der Waals surface area (Å²) in [5.74, 6) is 0.986. The van der Waals surface area contributed by atoms with E-state index in [2.05, 4.69) is 86.0 Å². The minimum absolute atomic E-state index is 0.493. The zero-order valence-electron chi connectivity index (χ0n) is 30.6. The molecule has 1 aliphatic rings. The fourth-order valence-corrected chi connectivity index (χ4v) is 14.0. The topological polar surface area (TPSA) is 62.2 Å². The molecule has 6 aromatic rings. The molecule has 4 aromatic carbocycles. The quantitative estimate of drug-likeness (QED) is 0.126. The van der Waals surface area contributed by atoms with Crippen molar-refractivity contribution in [2.24, 2.45) is 0 Å². The molecular formula is C43H45N2O4PS2. The highest BCUT2D eigenvalue weighted by Crippen LogP contribution is 2.61. The van der Waals surface area contributed by atoms with Crippen LogP contribution in [-0.2, 0) is 10.2 Å². The number of rotatable bonds is 12. The molecule has 7 rings (SSSR count). The van der Waals surface area contributed by atoms with Gasteiger partial charge in [-0.2, -0.15) is 0 Å². The summed E-state index contributed by atoms with van der Waals surface area (Å²) < 4.78 is 28.2. The van der Waals surface area contributed by atoms with E-state index < -0.39 is 12.7 Å². The van der Waals surface area contributed by atoms with E-state index in [9.17, 15) is 5.11 Å².